The van der Waals surface area contributed by atoms with Crippen molar-refractivity contribution in [3.8, 4) is 5.75 Å². The Bertz CT molecular complexity index is 1190. The Morgan fingerprint density at radius 2 is 1.79 bits per heavy atom. The minimum Gasteiger partial charge on any atom is -0.506 e. The zero-order chi connectivity index (χ0) is 30.2. The van der Waals surface area contributed by atoms with Crippen molar-refractivity contribution in [1.82, 2.24) is 20.1 Å². The Kier molecular flexibility index (Phi) is 11.7. The summed E-state index contributed by atoms with van der Waals surface area (Å²) in [6.07, 6.45) is 11.9. The molecule has 1 spiro atoms. The summed E-state index contributed by atoms with van der Waals surface area (Å²) < 4.78 is 6.13. The van der Waals surface area contributed by atoms with E-state index in [1.54, 1.807) is 11.0 Å². The number of aliphatic hydroxyl groups excluding tert-OH is 1. The van der Waals surface area contributed by atoms with Gasteiger partial charge in [0, 0.05) is 18.7 Å². The summed E-state index contributed by atoms with van der Waals surface area (Å²) in [5.41, 5.74) is 0.755. The molecule has 0 bridgehead atoms. The number of thiazole rings is 1. The quantitative estimate of drug-likeness (QED) is 0.215. The molecule has 1 atom stereocenters. The lowest BCUT2D eigenvalue weighted by atomic mass is 9.73. The SMILES string of the molecule is CC(C)(C)OC(=O)N(CCCCCCCCCN1CCC2(CCCNC2)CC1)C[C@H](O)c1ccc(O)c2[nH]c(=O)sc12. The third-order valence-corrected chi connectivity index (χ3v) is 9.80. The number of aromatic amines is 1. The predicted molar refractivity (Wildman–Crippen MR) is 169 cm³/mol. The van der Waals surface area contributed by atoms with Crippen LogP contribution in [0, 0.1) is 5.41 Å². The zero-order valence-corrected chi connectivity index (χ0v) is 26.7. The van der Waals surface area contributed by atoms with E-state index in [1.165, 1.54) is 90.2 Å². The number of carbonyl (C=O) groups is 1. The predicted octanol–water partition coefficient (Wildman–Crippen LogP) is 5.76. The summed E-state index contributed by atoms with van der Waals surface area (Å²) in [5.74, 6) is -0.0415. The minimum atomic E-state index is -1.02. The van der Waals surface area contributed by atoms with Crippen LogP contribution in [-0.4, -0.2) is 82.5 Å². The third-order valence-electron chi connectivity index (χ3n) is 8.87. The zero-order valence-electron chi connectivity index (χ0n) is 25.9. The Hall–Kier alpha value is -2.14. The molecule has 2 aromatic rings. The molecule has 0 aliphatic carbocycles. The maximum Gasteiger partial charge on any atom is 0.410 e. The van der Waals surface area contributed by atoms with Gasteiger partial charge in [-0.1, -0.05) is 49.5 Å². The van der Waals surface area contributed by atoms with Crippen molar-refractivity contribution in [3.05, 3.63) is 27.4 Å². The number of aromatic hydroxyl groups is 1. The number of amides is 1. The average molecular weight is 605 g/mol. The van der Waals surface area contributed by atoms with Crippen molar-refractivity contribution >= 4 is 27.6 Å². The second kappa shape index (κ2) is 15.0. The van der Waals surface area contributed by atoms with E-state index in [1.807, 2.05) is 20.8 Å². The fourth-order valence-electron chi connectivity index (χ4n) is 6.42. The second-order valence-electron chi connectivity index (χ2n) is 13.4. The number of ether oxygens (including phenoxy) is 1. The number of carbonyl (C=O) groups excluding carboxylic acids is 1. The Morgan fingerprint density at radius 1 is 1.10 bits per heavy atom. The van der Waals surface area contributed by atoms with Gasteiger partial charge in [0.15, 0.2) is 0 Å². The first-order valence-corrected chi connectivity index (χ1v) is 16.8. The number of H-pyrrole nitrogens is 1. The molecule has 1 amide bonds. The van der Waals surface area contributed by atoms with Crippen LogP contribution in [0.25, 0.3) is 10.2 Å². The molecule has 4 N–H and O–H groups in total. The molecule has 4 rings (SSSR count). The van der Waals surface area contributed by atoms with Gasteiger partial charge in [0.2, 0.25) is 0 Å². The lowest BCUT2D eigenvalue weighted by Crippen LogP contribution is -2.48. The molecule has 0 unspecified atom stereocenters. The molecule has 1 aromatic carbocycles. The van der Waals surface area contributed by atoms with E-state index in [0.29, 0.717) is 27.7 Å². The monoisotopic (exact) mass is 604 g/mol. The molecule has 10 heteroatoms. The van der Waals surface area contributed by atoms with Crippen molar-refractivity contribution in [2.24, 2.45) is 5.41 Å². The van der Waals surface area contributed by atoms with Crippen LogP contribution in [0.3, 0.4) is 0 Å². The highest BCUT2D eigenvalue weighted by atomic mass is 32.1. The number of aliphatic hydroxyl groups is 1. The lowest BCUT2D eigenvalue weighted by Gasteiger charge is -2.44. The fraction of sp³-hybridized carbons (Fsp3) is 0.750. The Morgan fingerprint density at radius 3 is 2.45 bits per heavy atom. The van der Waals surface area contributed by atoms with E-state index in [-0.39, 0.29) is 17.2 Å². The van der Waals surface area contributed by atoms with Gasteiger partial charge >= 0.3 is 11.0 Å². The number of nitrogens with zero attached hydrogens (tertiary/aromatic N) is 2. The van der Waals surface area contributed by atoms with Crippen molar-refractivity contribution in [2.45, 2.75) is 103 Å². The van der Waals surface area contributed by atoms with E-state index in [2.05, 4.69) is 15.2 Å². The number of fused-ring (bicyclic) bond motifs is 1. The number of aromatic nitrogens is 1. The van der Waals surface area contributed by atoms with Crippen LogP contribution in [0.5, 0.6) is 5.75 Å². The summed E-state index contributed by atoms with van der Waals surface area (Å²) in [6.45, 7) is 12.2. The molecule has 2 aliphatic rings. The van der Waals surface area contributed by atoms with Gasteiger partial charge in [-0.3, -0.25) is 4.79 Å². The fourth-order valence-corrected chi connectivity index (χ4v) is 7.34. The van der Waals surface area contributed by atoms with Gasteiger partial charge in [-0.2, -0.15) is 0 Å². The van der Waals surface area contributed by atoms with E-state index >= 15 is 0 Å². The van der Waals surface area contributed by atoms with Crippen LogP contribution in [0.2, 0.25) is 0 Å². The first kappa shape index (κ1) is 32.8. The van der Waals surface area contributed by atoms with Gasteiger partial charge < -0.3 is 35.1 Å². The van der Waals surface area contributed by atoms with Crippen LogP contribution in [0.4, 0.5) is 4.79 Å². The molecule has 2 aliphatic heterocycles. The van der Waals surface area contributed by atoms with Gasteiger partial charge in [-0.15, -0.1) is 0 Å². The molecule has 2 saturated heterocycles. The van der Waals surface area contributed by atoms with Crippen LogP contribution < -0.4 is 10.2 Å². The van der Waals surface area contributed by atoms with E-state index in [0.717, 1.165) is 30.6 Å². The number of hydrogen-bond acceptors (Lipinski definition) is 8. The number of phenolic OH excluding ortho intramolecular Hbond substituents is 1. The number of nitrogens with one attached hydrogen (secondary N) is 2. The minimum absolute atomic E-state index is 0.0415. The number of piperidine rings is 2. The van der Waals surface area contributed by atoms with Gasteiger partial charge in [-0.25, -0.2) is 4.79 Å². The summed E-state index contributed by atoms with van der Waals surface area (Å²) in [4.78, 5) is 31.4. The van der Waals surface area contributed by atoms with E-state index in [9.17, 15) is 19.8 Å². The van der Waals surface area contributed by atoms with Crippen molar-refractivity contribution in [2.75, 3.05) is 45.8 Å². The number of rotatable bonds is 13. The summed E-state index contributed by atoms with van der Waals surface area (Å²) in [7, 11) is 0. The highest BCUT2D eigenvalue weighted by Gasteiger charge is 2.35. The molecule has 42 heavy (non-hydrogen) atoms. The number of phenols is 1. The van der Waals surface area contributed by atoms with Crippen LogP contribution >= 0.6 is 11.3 Å². The van der Waals surface area contributed by atoms with E-state index < -0.39 is 17.8 Å². The maximum absolute atomic E-state index is 13.0. The van der Waals surface area contributed by atoms with Crippen molar-refractivity contribution in [1.29, 1.82) is 0 Å². The number of benzene rings is 1. The van der Waals surface area contributed by atoms with Crippen LogP contribution in [0.15, 0.2) is 16.9 Å². The van der Waals surface area contributed by atoms with Crippen LogP contribution in [-0.2, 0) is 4.74 Å². The first-order valence-electron chi connectivity index (χ1n) is 16.0. The molecule has 2 fully saturated rings. The van der Waals surface area contributed by atoms with Gasteiger partial charge in [0.1, 0.15) is 16.9 Å². The van der Waals surface area contributed by atoms with Gasteiger partial charge in [-0.05, 0) is 97.0 Å². The molecular weight excluding hydrogens is 552 g/mol. The molecule has 9 nitrogen and oxygen atoms in total. The summed E-state index contributed by atoms with van der Waals surface area (Å²) >= 11 is 0.941. The Labute approximate surface area is 254 Å². The summed E-state index contributed by atoms with van der Waals surface area (Å²) in [6, 6.07) is 3.06. The topological polar surface area (TPSA) is 118 Å². The highest BCUT2D eigenvalue weighted by Crippen LogP contribution is 2.37. The lowest BCUT2D eigenvalue weighted by molar-refractivity contribution is 0.0142. The molecule has 1 aromatic heterocycles. The third kappa shape index (κ3) is 9.43. The normalized spacial score (nSPS) is 18.4. The largest absolute Gasteiger partial charge is 0.506 e. The molecule has 0 saturated carbocycles. The number of unbranched alkanes of at least 4 members (excludes halogenated alkanes) is 6. The molecular formula is C32H52N4O5S. The first-order chi connectivity index (χ1) is 20.1. The van der Waals surface area contributed by atoms with Crippen LogP contribution in [0.1, 0.15) is 103 Å². The van der Waals surface area contributed by atoms with Crippen molar-refractivity contribution < 1.29 is 19.7 Å². The maximum atomic E-state index is 13.0. The second-order valence-corrected chi connectivity index (χ2v) is 14.4. The van der Waals surface area contributed by atoms with Gasteiger partial charge in [0.25, 0.3) is 0 Å². The van der Waals surface area contributed by atoms with E-state index in [4.69, 9.17) is 4.74 Å². The molecule has 236 valence electrons. The number of hydrogen-bond donors (Lipinski definition) is 4. The smallest absolute Gasteiger partial charge is 0.410 e. The molecule has 3 heterocycles. The number of likely N-dealkylation sites (tertiary alicyclic amines) is 1. The van der Waals surface area contributed by atoms with Gasteiger partial charge in [0.05, 0.1) is 17.3 Å². The Balaban J connectivity index is 1.16. The molecule has 0 radical (unpaired) electrons. The standard InChI is InChI=1S/C32H52N4O5S/c1-31(2,3)41-30(40)36(22-26(38)24-12-13-25(37)27-28(24)42-29(39)34-27)19-10-8-6-4-5-7-9-18-35-20-15-32(16-21-35)14-11-17-33-23-32/h12-13,26,33,37-38H,4-11,14-23H2,1-3H3,(H,34,39)/t26-/m0/s1. The van der Waals surface area contributed by atoms with Crippen molar-refractivity contribution in [3.63, 3.8) is 0 Å². The summed E-state index contributed by atoms with van der Waals surface area (Å²) in [5, 5.41) is 24.8. The average Bonchev–Trinajstić information content (AvgIpc) is 3.34. The highest BCUT2D eigenvalue weighted by molar-refractivity contribution is 7.16.